The van der Waals surface area contributed by atoms with E-state index in [0.717, 1.165) is 37.4 Å². The molecule has 4 nitrogen and oxygen atoms in total. The highest BCUT2D eigenvalue weighted by Crippen LogP contribution is 2.18. The second-order valence-corrected chi connectivity index (χ2v) is 5.37. The lowest BCUT2D eigenvalue weighted by Gasteiger charge is -2.31. The summed E-state index contributed by atoms with van der Waals surface area (Å²) in [6.07, 6.45) is 2.24. The van der Waals surface area contributed by atoms with Crippen molar-refractivity contribution in [3.05, 3.63) is 29.8 Å². The second kappa shape index (κ2) is 9.12. The van der Waals surface area contributed by atoms with E-state index in [1.165, 1.54) is 6.07 Å². The monoisotopic (exact) mass is 425 g/mol. The van der Waals surface area contributed by atoms with E-state index in [0.29, 0.717) is 12.5 Å². The molecular weight excluding hydrogens is 403 g/mol. The van der Waals surface area contributed by atoms with Gasteiger partial charge < -0.3 is 15.4 Å². The number of halogens is 3. The maximum Gasteiger partial charge on any atom is 0.387 e. The third-order valence-electron chi connectivity index (χ3n) is 3.65. The minimum Gasteiger partial charge on any atom is -0.435 e. The average Bonchev–Trinajstić information content (AvgIpc) is 2.45. The zero-order valence-electron chi connectivity index (χ0n) is 12.5. The molecule has 0 saturated carbocycles. The Hall–Kier alpha value is -1.12. The normalized spacial score (nSPS) is 16.5. The molecule has 1 aliphatic rings. The smallest absolute Gasteiger partial charge is 0.387 e. The van der Waals surface area contributed by atoms with Gasteiger partial charge in [0, 0.05) is 13.1 Å². The van der Waals surface area contributed by atoms with E-state index < -0.39 is 6.61 Å². The Bertz CT molecular complexity index is 491. The molecule has 1 aliphatic heterocycles. The Morgan fingerprint density at radius 2 is 2.09 bits per heavy atom. The van der Waals surface area contributed by atoms with Gasteiger partial charge in [-0.25, -0.2) is 4.99 Å². The number of rotatable bonds is 4. The lowest BCUT2D eigenvalue weighted by Crippen LogP contribution is -2.42. The first-order valence-corrected chi connectivity index (χ1v) is 7.13. The molecule has 7 heteroatoms. The van der Waals surface area contributed by atoms with Crippen molar-refractivity contribution in [2.75, 3.05) is 13.1 Å². The Morgan fingerprint density at radius 1 is 1.41 bits per heavy atom. The quantitative estimate of drug-likeness (QED) is 0.457. The molecule has 1 aromatic carbocycles. The van der Waals surface area contributed by atoms with Crippen molar-refractivity contribution in [1.29, 1.82) is 0 Å². The number of likely N-dealkylation sites (tertiary alicyclic amines) is 1. The molecule has 2 N–H and O–H groups in total. The molecule has 0 radical (unpaired) electrons. The van der Waals surface area contributed by atoms with Crippen molar-refractivity contribution < 1.29 is 13.5 Å². The molecule has 2 rings (SSSR count). The lowest BCUT2D eigenvalue weighted by molar-refractivity contribution is -0.0498. The van der Waals surface area contributed by atoms with E-state index in [9.17, 15) is 8.78 Å². The van der Waals surface area contributed by atoms with Crippen LogP contribution in [0.5, 0.6) is 5.75 Å². The summed E-state index contributed by atoms with van der Waals surface area (Å²) in [5.74, 6) is 1.39. The minimum atomic E-state index is -2.82. The van der Waals surface area contributed by atoms with Crippen molar-refractivity contribution in [2.24, 2.45) is 16.6 Å². The topological polar surface area (TPSA) is 50.8 Å². The van der Waals surface area contributed by atoms with E-state index in [4.69, 9.17) is 5.73 Å². The van der Waals surface area contributed by atoms with Crippen LogP contribution in [0.4, 0.5) is 8.78 Å². The summed E-state index contributed by atoms with van der Waals surface area (Å²) in [7, 11) is 0. The highest BCUT2D eigenvalue weighted by molar-refractivity contribution is 14.0. The number of aliphatic imine (C=N–C) groups is 1. The van der Waals surface area contributed by atoms with Crippen LogP contribution >= 0.6 is 24.0 Å². The van der Waals surface area contributed by atoms with Gasteiger partial charge >= 0.3 is 6.61 Å². The molecule has 1 saturated heterocycles. The van der Waals surface area contributed by atoms with Crippen LogP contribution in [0.25, 0.3) is 0 Å². The van der Waals surface area contributed by atoms with Crippen LogP contribution < -0.4 is 10.5 Å². The fraction of sp³-hybridized carbons (Fsp3) is 0.533. The molecule has 0 spiro atoms. The van der Waals surface area contributed by atoms with E-state index >= 15 is 0 Å². The van der Waals surface area contributed by atoms with Crippen LogP contribution in [0.1, 0.15) is 25.3 Å². The Morgan fingerprint density at radius 3 is 2.73 bits per heavy atom. The van der Waals surface area contributed by atoms with Gasteiger partial charge in [-0.05, 0) is 36.5 Å². The van der Waals surface area contributed by atoms with Crippen LogP contribution in [-0.4, -0.2) is 30.6 Å². The van der Waals surface area contributed by atoms with E-state index in [1.807, 2.05) is 6.07 Å². The molecule has 1 fully saturated rings. The molecule has 124 valence electrons. The molecule has 0 bridgehead atoms. The number of piperidine rings is 1. The fourth-order valence-electron chi connectivity index (χ4n) is 2.33. The number of alkyl halides is 2. The zero-order chi connectivity index (χ0) is 15.2. The first-order valence-electron chi connectivity index (χ1n) is 7.13. The van der Waals surface area contributed by atoms with Crippen molar-refractivity contribution in [3.8, 4) is 5.75 Å². The number of nitrogens with zero attached hydrogens (tertiary/aromatic N) is 2. The standard InChI is InChI=1S/C15H21F2N3O.HI/c1-11-5-7-20(8-6-11)15(18)19-10-12-3-2-4-13(9-12)21-14(16)17;/h2-4,9,11,14H,5-8,10H2,1H3,(H2,18,19);1H. The molecule has 0 aromatic heterocycles. The lowest BCUT2D eigenvalue weighted by atomic mass is 10.00. The SMILES string of the molecule is CC1CCN(C(N)=NCc2cccc(OC(F)F)c2)CC1.I. The van der Waals surface area contributed by atoms with Gasteiger partial charge in [0.1, 0.15) is 5.75 Å². The summed E-state index contributed by atoms with van der Waals surface area (Å²) in [4.78, 5) is 6.41. The predicted octanol–water partition coefficient (Wildman–Crippen LogP) is 3.45. The van der Waals surface area contributed by atoms with Crippen LogP contribution in [0.15, 0.2) is 29.3 Å². The van der Waals surface area contributed by atoms with Gasteiger partial charge in [-0.1, -0.05) is 19.1 Å². The van der Waals surface area contributed by atoms with Crippen LogP contribution in [0, 0.1) is 5.92 Å². The summed E-state index contributed by atoms with van der Waals surface area (Å²) in [6.45, 7) is 1.62. The highest BCUT2D eigenvalue weighted by atomic mass is 127. The van der Waals surface area contributed by atoms with Crippen molar-refractivity contribution in [2.45, 2.75) is 32.9 Å². The highest BCUT2D eigenvalue weighted by Gasteiger charge is 2.16. The van der Waals surface area contributed by atoms with Crippen LogP contribution in [0.2, 0.25) is 0 Å². The third kappa shape index (κ3) is 5.94. The fourth-order valence-corrected chi connectivity index (χ4v) is 2.33. The molecule has 1 heterocycles. The van der Waals surface area contributed by atoms with Gasteiger partial charge in [0.25, 0.3) is 0 Å². The molecular formula is C15H22F2IN3O. The van der Waals surface area contributed by atoms with Crippen molar-refractivity contribution >= 4 is 29.9 Å². The number of hydrogen-bond donors (Lipinski definition) is 1. The molecule has 1 aromatic rings. The first kappa shape index (κ1) is 18.9. The van der Waals surface area contributed by atoms with E-state index in [-0.39, 0.29) is 29.7 Å². The number of ether oxygens (including phenoxy) is 1. The summed E-state index contributed by atoms with van der Waals surface area (Å²) in [5.41, 5.74) is 6.78. The predicted molar refractivity (Wildman–Crippen MR) is 93.8 cm³/mol. The summed E-state index contributed by atoms with van der Waals surface area (Å²) in [6, 6.07) is 6.53. The minimum absolute atomic E-state index is 0. The van der Waals surface area contributed by atoms with E-state index in [1.54, 1.807) is 12.1 Å². The Kier molecular flexibility index (Phi) is 7.84. The summed E-state index contributed by atoms with van der Waals surface area (Å²) >= 11 is 0. The van der Waals surface area contributed by atoms with E-state index in [2.05, 4.69) is 21.6 Å². The number of nitrogens with two attached hydrogens (primary N) is 1. The Balaban J connectivity index is 0.00000242. The largest absolute Gasteiger partial charge is 0.435 e. The van der Waals surface area contributed by atoms with Gasteiger partial charge in [0.05, 0.1) is 6.54 Å². The molecule has 0 atom stereocenters. The van der Waals surface area contributed by atoms with Crippen LogP contribution in [0.3, 0.4) is 0 Å². The zero-order valence-corrected chi connectivity index (χ0v) is 14.9. The van der Waals surface area contributed by atoms with Gasteiger partial charge in [0.2, 0.25) is 0 Å². The third-order valence-corrected chi connectivity index (χ3v) is 3.65. The van der Waals surface area contributed by atoms with Crippen molar-refractivity contribution in [1.82, 2.24) is 4.90 Å². The summed E-state index contributed by atoms with van der Waals surface area (Å²) in [5, 5.41) is 0. The first-order chi connectivity index (χ1) is 10.0. The number of guanidine groups is 1. The Labute approximate surface area is 146 Å². The second-order valence-electron chi connectivity index (χ2n) is 5.37. The van der Waals surface area contributed by atoms with Gasteiger partial charge in [-0.15, -0.1) is 24.0 Å². The maximum absolute atomic E-state index is 12.2. The average molecular weight is 425 g/mol. The maximum atomic E-state index is 12.2. The number of benzene rings is 1. The molecule has 22 heavy (non-hydrogen) atoms. The van der Waals surface area contributed by atoms with Crippen molar-refractivity contribution in [3.63, 3.8) is 0 Å². The van der Waals surface area contributed by atoms with Gasteiger partial charge in [0.15, 0.2) is 5.96 Å². The number of hydrogen-bond acceptors (Lipinski definition) is 2. The summed E-state index contributed by atoms with van der Waals surface area (Å²) < 4.78 is 28.7. The van der Waals surface area contributed by atoms with Gasteiger partial charge in [-0.3, -0.25) is 0 Å². The molecule has 0 aliphatic carbocycles. The van der Waals surface area contributed by atoms with Gasteiger partial charge in [-0.2, -0.15) is 8.78 Å². The molecule has 0 amide bonds. The van der Waals surface area contributed by atoms with Crippen LogP contribution in [-0.2, 0) is 6.54 Å². The molecule has 0 unspecified atom stereocenters.